The summed E-state index contributed by atoms with van der Waals surface area (Å²) >= 11 is 0. The van der Waals surface area contributed by atoms with Crippen molar-refractivity contribution < 1.29 is 26.7 Å². The van der Waals surface area contributed by atoms with Crippen LogP contribution in [0.3, 0.4) is 0 Å². The fraction of sp³-hybridized carbons (Fsp3) is 0.273. The number of hydrogen-bond acceptors (Lipinski definition) is 3. The maximum atomic E-state index is 14.5. The highest BCUT2D eigenvalue weighted by Crippen LogP contribution is 2.35. The van der Waals surface area contributed by atoms with Crippen molar-refractivity contribution in [3.63, 3.8) is 0 Å². The van der Waals surface area contributed by atoms with E-state index in [1.807, 2.05) is 0 Å². The van der Waals surface area contributed by atoms with E-state index in [-0.39, 0.29) is 17.1 Å². The predicted molar refractivity (Wildman–Crippen MR) is 109 cm³/mol. The molecule has 0 spiro atoms. The number of anilines is 2. The second kappa shape index (κ2) is 8.25. The molecule has 0 aliphatic carbocycles. The molecule has 10 heteroatoms. The maximum Gasteiger partial charge on any atom is 0.434 e. The van der Waals surface area contributed by atoms with E-state index in [9.17, 15) is 26.7 Å². The van der Waals surface area contributed by atoms with E-state index in [0.717, 1.165) is 31.2 Å². The van der Waals surface area contributed by atoms with Crippen LogP contribution in [0.25, 0.3) is 5.69 Å². The summed E-state index contributed by atoms with van der Waals surface area (Å²) in [4.78, 5) is 14.2. The Labute approximate surface area is 180 Å². The van der Waals surface area contributed by atoms with Crippen molar-refractivity contribution in [1.29, 1.82) is 0 Å². The first-order valence-electron chi connectivity index (χ1n) is 9.93. The third-order valence-electron chi connectivity index (χ3n) is 5.32. The summed E-state index contributed by atoms with van der Waals surface area (Å²) in [6.07, 6.45) is -2.50. The summed E-state index contributed by atoms with van der Waals surface area (Å²) in [6, 6.07) is 8.07. The average molecular weight is 450 g/mol. The van der Waals surface area contributed by atoms with Gasteiger partial charge in [-0.05, 0) is 43.5 Å². The number of carbonyl (C=O) groups excluding carboxylic acids is 1. The van der Waals surface area contributed by atoms with Crippen molar-refractivity contribution in [2.24, 2.45) is 0 Å². The van der Waals surface area contributed by atoms with Crippen LogP contribution in [0.5, 0.6) is 0 Å². The van der Waals surface area contributed by atoms with Gasteiger partial charge < -0.3 is 10.2 Å². The molecule has 32 heavy (non-hydrogen) atoms. The Balaban J connectivity index is 1.68. The molecule has 3 aromatic rings. The van der Waals surface area contributed by atoms with Crippen LogP contribution in [-0.4, -0.2) is 28.8 Å². The molecule has 1 saturated heterocycles. The summed E-state index contributed by atoms with van der Waals surface area (Å²) in [5.74, 6) is -2.97. The van der Waals surface area contributed by atoms with Gasteiger partial charge in [-0.15, -0.1) is 0 Å². The molecule has 0 unspecified atom stereocenters. The lowest BCUT2D eigenvalue weighted by Crippen LogP contribution is -2.22. The second-order valence-corrected chi connectivity index (χ2v) is 7.54. The highest BCUT2D eigenvalue weighted by molar-refractivity contribution is 6.05. The number of halogens is 5. The van der Waals surface area contributed by atoms with E-state index < -0.39 is 35.0 Å². The molecular weight excluding hydrogens is 431 g/mol. The van der Waals surface area contributed by atoms with Crippen LogP contribution < -0.4 is 10.2 Å². The van der Waals surface area contributed by atoms with Crippen molar-refractivity contribution in [1.82, 2.24) is 9.78 Å². The van der Waals surface area contributed by atoms with Gasteiger partial charge in [-0.2, -0.15) is 18.3 Å². The number of amides is 1. The number of alkyl halides is 3. The molecule has 5 nitrogen and oxygen atoms in total. The minimum absolute atomic E-state index is 0.158. The third kappa shape index (κ3) is 4.04. The monoisotopic (exact) mass is 450 g/mol. The van der Waals surface area contributed by atoms with Crippen molar-refractivity contribution in [3.8, 4) is 5.69 Å². The lowest BCUT2D eigenvalue weighted by molar-refractivity contribution is -0.143. The van der Waals surface area contributed by atoms with E-state index in [1.54, 1.807) is 30.0 Å². The van der Waals surface area contributed by atoms with Gasteiger partial charge in [0.15, 0.2) is 17.3 Å². The number of carbonyl (C=O) groups is 1. The first-order valence-corrected chi connectivity index (χ1v) is 9.93. The Morgan fingerprint density at radius 1 is 1.06 bits per heavy atom. The van der Waals surface area contributed by atoms with Crippen LogP contribution in [0.1, 0.15) is 34.5 Å². The fourth-order valence-electron chi connectivity index (χ4n) is 3.85. The van der Waals surface area contributed by atoms with E-state index in [4.69, 9.17) is 0 Å². The van der Waals surface area contributed by atoms with E-state index >= 15 is 0 Å². The number of aryl methyl sites for hydroxylation is 1. The SMILES string of the molecule is Cc1ccccc1-n1ncc(C(=O)Nc2cc(F)c(N3CCCC3)c(F)c2)c1C(F)(F)F. The summed E-state index contributed by atoms with van der Waals surface area (Å²) in [5, 5.41) is 5.92. The largest absolute Gasteiger partial charge is 0.434 e. The minimum Gasteiger partial charge on any atom is -0.367 e. The second-order valence-electron chi connectivity index (χ2n) is 7.54. The molecule has 1 aromatic heterocycles. The van der Waals surface area contributed by atoms with Crippen LogP contribution in [0.4, 0.5) is 33.3 Å². The molecule has 1 amide bonds. The first kappa shape index (κ1) is 21.8. The van der Waals surface area contributed by atoms with Gasteiger partial charge in [-0.3, -0.25) is 4.79 Å². The standard InChI is InChI=1S/C22H19F5N4O/c1-13-6-2-3-7-18(13)31-20(22(25,26)27)15(12-28-31)21(32)29-14-10-16(23)19(17(24)11-14)30-8-4-5-9-30/h2-3,6-7,10-12H,4-5,8-9H2,1H3,(H,29,32). The van der Waals surface area contributed by atoms with Crippen LogP contribution in [0.15, 0.2) is 42.6 Å². The molecule has 0 saturated carbocycles. The van der Waals surface area contributed by atoms with E-state index in [1.165, 1.54) is 6.07 Å². The number of hydrogen-bond donors (Lipinski definition) is 1. The minimum atomic E-state index is -4.90. The number of rotatable bonds is 4. The van der Waals surface area contributed by atoms with Gasteiger partial charge in [0.25, 0.3) is 5.91 Å². The highest BCUT2D eigenvalue weighted by Gasteiger charge is 2.41. The Kier molecular flexibility index (Phi) is 5.62. The molecule has 0 radical (unpaired) electrons. The van der Waals surface area contributed by atoms with E-state index in [0.29, 0.717) is 23.3 Å². The van der Waals surface area contributed by atoms with Crippen LogP contribution in [0, 0.1) is 18.6 Å². The summed E-state index contributed by atoms with van der Waals surface area (Å²) < 4.78 is 71.2. The molecule has 168 valence electrons. The Bertz CT molecular complexity index is 1140. The normalized spacial score (nSPS) is 14.1. The molecule has 2 heterocycles. The smallest absolute Gasteiger partial charge is 0.367 e. The van der Waals surface area contributed by atoms with Gasteiger partial charge >= 0.3 is 6.18 Å². The Hall–Kier alpha value is -3.43. The summed E-state index contributed by atoms with van der Waals surface area (Å²) in [6.45, 7) is 2.63. The number of para-hydroxylation sites is 1. The third-order valence-corrected chi connectivity index (χ3v) is 5.32. The summed E-state index contributed by atoms with van der Waals surface area (Å²) in [7, 11) is 0. The number of benzene rings is 2. The van der Waals surface area contributed by atoms with Crippen molar-refractivity contribution in [3.05, 3.63) is 71.1 Å². The predicted octanol–water partition coefficient (Wildman–Crippen LogP) is 5.33. The molecule has 0 atom stereocenters. The molecular formula is C22H19F5N4O. The Morgan fingerprint density at radius 3 is 2.28 bits per heavy atom. The molecule has 1 N–H and O–H groups in total. The van der Waals surface area contributed by atoms with Crippen molar-refractivity contribution in [2.45, 2.75) is 25.9 Å². The zero-order valence-corrected chi connectivity index (χ0v) is 17.0. The zero-order chi connectivity index (χ0) is 23.0. The first-order chi connectivity index (χ1) is 15.2. The van der Waals surface area contributed by atoms with Crippen LogP contribution in [0.2, 0.25) is 0 Å². The van der Waals surface area contributed by atoms with E-state index in [2.05, 4.69) is 10.4 Å². The van der Waals surface area contributed by atoms with Gasteiger partial charge in [0.1, 0.15) is 5.69 Å². The molecule has 4 rings (SSSR count). The molecule has 1 aliphatic heterocycles. The lowest BCUT2D eigenvalue weighted by Gasteiger charge is -2.20. The van der Waals surface area contributed by atoms with Crippen molar-refractivity contribution >= 4 is 17.3 Å². The van der Waals surface area contributed by atoms with Crippen LogP contribution in [-0.2, 0) is 6.18 Å². The summed E-state index contributed by atoms with van der Waals surface area (Å²) in [5.41, 5.74) is -1.85. The van der Waals surface area contributed by atoms with Gasteiger partial charge in [0.05, 0.1) is 17.4 Å². The fourth-order valence-corrected chi connectivity index (χ4v) is 3.85. The number of nitrogens with one attached hydrogen (secondary N) is 1. The average Bonchev–Trinajstić information content (AvgIpc) is 3.37. The quantitative estimate of drug-likeness (QED) is 0.547. The van der Waals surface area contributed by atoms with Gasteiger partial charge in [0.2, 0.25) is 0 Å². The van der Waals surface area contributed by atoms with Crippen LogP contribution >= 0.6 is 0 Å². The van der Waals surface area contributed by atoms with Crippen molar-refractivity contribution in [2.75, 3.05) is 23.3 Å². The zero-order valence-electron chi connectivity index (χ0n) is 17.0. The maximum absolute atomic E-state index is 14.5. The van der Waals surface area contributed by atoms with Gasteiger partial charge in [-0.25, -0.2) is 13.5 Å². The molecule has 1 fully saturated rings. The molecule has 2 aromatic carbocycles. The highest BCUT2D eigenvalue weighted by atomic mass is 19.4. The number of aromatic nitrogens is 2. The lowest BCUT2D eigenvalue weighted by atomic mass is 10.1. The van der Waals surface area contributed by atoms with Gasteiger partial charge in [-0.1, -0.05) is 18.2 Å². The Morgan fingerprint density at radius 2 is 1.69 bits per heavy atom. The number of nitrogens with zero attached hydrogens (tertiary/aromatic N) is 3. The topological polar surface area (TPSA) is 50.2 Å². The molecule has 0 bridgehead atoms. The molecule has 1 aliphatic rings. The van der Waals surface area contributed by atoms with Gasteiger partial charge in [0, 0.05) is 18.8 Å².